The predicted octanol–water partition coefficient (Wildman–Crippen LogP) is 3.85. The zero-order chi connectivity index (χ0) is 14.1. The first kappa shape index (κ1) is 12.2. The van der Waals surface area contributed by atoms with Gasteiger partial charge in [0.05, 0.1) is 6.57 Å². The summed E-state index contributed by atoms with van der Waals surface area (Å²) < 4.78 is 0. The van der Waals surface area contributed by atoms with E-state index in [1.807, 2.05) is 55.7 Å². The van der Waals surface area contributed by atoms with Crippen LogP contribution in [-0.2, 0) is 0 Å². The van der Waals surface area contributed by atoms with Gasteiger partial charge in [0.15, 0.2) is 0 Å². The van der Waals surface area contributed by atoms with Crippen molar-refractivity contribution in [1.29, 1.82) is 0 Å². The summed E-state index contributed by atoms with van der Waals surface area (Å²) in [6, 6.07) is 9.99. The second kappa shape index (κ2) is 4.71. The Morgan fingerprint density at radius 1 is 1.15 bits per heavy atom. The molecule has 2 aromatic heterocycles. The Balaban J connectivity index is 2.12. The van der Waals surface area contributed by atoms with Crippen LogP contribution in [0.3, 0.4) is 0 Å². The summed E-state index contributed by atoms with van der Waals surface area (Å²) in [7, 11) is 3.88. The lowest BCUT2D eigenvalue weighted by molar-refractivity contribution is 1.14. The van der Waals surface area contributed by atoms with Gasteiger partial charge in [-0.25, -0.2) is 9.83 Å². The summed E-state index contributed by atoms with van der Waals surface area (Å²) in [5, 5.41) is 1.07. The van der Waals surface area contributed by atoms with Crippen LogP contribution in [0, 0.1) is 6.57 Å². The van der Waals surface area contributed by atoms with Gasteiger partial charge in [-0.2, -0.15) is 0 Å². The Morgan fingerprint density at radius 2 is 2.00 bits per heavy atom. The summed E-state index contributed by atoms with van der Waals surface area (Å²) >= 11 is 0. The van der Waals surface area contributed by atoms with Gasteiger partial charge in [0.25, 0.3) is 0 Å². The first-order valence-corrected chi connectivity index (χ1v) is 6.31. The van der Waals surface area contributed by atoms with Crippen molar-refractivity contribution in [3.63, 3.8) is 0 Å². The van der Waals surface area contributed by atoms with E-state index in [1.165, 1.54) is 0 Å². The molecule has 1 N–H and O–H groups in total. The minimum absolute atomic E-state index is 0.654. The van der Waals surface area contributed by atoms with Gasteiger partial charge in [-0.1, -0.05) is 6.07 Å². The summed E-state index contributed by atoms with van der Waals surface area (Å²) in [6.07, 6.45) is 3.71. The minimum atomic E-state index is 0.654. The van der Waals surface area contributed by atoms with Crippen LogP contribution in [0.2, 0.25) is 0 Å². The number of nitrogens with one attached hydrogen (secondary N) is 1. The zero-order valence-corrected chi connectivity index (χ0v) is 11.4. The maximum atomic E-state index is 7.32. The molecule has 0 atom stereocenters. The molecule has 1 aromatic carbocycles. The standard InChI is InChI=1S/C16H14N4/c1-17-14-9-11(4-5-15(14)20(2)3)13-8-12-6-7-18-16(12)19-10-13/h4-10H,2-3H3,(H,18,19). The molecule has 0 aliphatic carbocycles. The van der Waals surface area contributed by atoms with Gasteiger partial charge in [-0.3, -0.25) is 0 Å². The highest BCUT2D eigenvalue weighted by Gasteiger charge is 2.08. The molecule has 0 saturated heterocycles. The Morgan fingerprint density at radius 3 is 2.75 bits per heavy atom. The number of nitrogens with zero attached hydrogens (tertiary/aromatic N) is 3. The molecule has 4 nitrogen and oxygen atoms in total. The molecule has 0 unspecified atom stereocenters. The second-order valence-corrected chi connectivity index (χ2v) is 4.85. The van der Waals surface area contributed by atoms with Crippen LogP contribution in [0.15, 0.2) is 42.7 Å². The van der Waals surface area contributed by atoms with Crippen LogP contribution in [-0.4, -0.2) is 24.1 Å². The lowest BCUT2D eigenvalue weighted by Gasteiger charge is -2.15. The lowest BCUT2D eigenvalue weighted by Crippen LogP contribution is -2.08. The number of H-pyrrole nitrogens is 1. The fourth-order valence-corrected chi connectivity index (χ4v) is 2.27. The third-order valence-electron chi connectivity index (χ3n) is 3.31. The van der Waals surface area contributed by atoms with E-state index in [1.54, 1.807) is 0 Å². The first-order valence-electron chi connectivity index (χ1n) is 6.31. The van der Waals surface area contributed by atoms with Crippen molar-refractivity contribution in [2.75, 3.05) is 19.0 Å². The molecular formula is C16H14N4. The summed E-state index contributed by atoms with van der Waals surface area (Å²) in [5.74, 6) is 0. The number of hydrogen-bond donors (Lipinski definition) is 1. The molecule has 0 amide bonds. The van der Waals surface area contributed by atoms with Gasteiger partial charge in [-0.15, -0.1) is 0 Å². The third-order valence-corrected chi connectivity index (χ3v) is 3.31. The number of anilines is 1. The molecule has 0 radical (unpaired) electrons. The van der Waals surface area contributed by atoms with Crippen LogP contribution in [0.25, 0.3) is 27.0 Å². The van der Waals surface area contributed by atoms with Crippen molar-refractivity contribution >= 4 is 22.4 Å². The molecule has 20 heavy (non-hydrogen) atoms. The van der Waals surface area contributed by atoms with Gasteiger partial charge < -0.3 is 9.88 Å². The van der Waals surface area contributed by atoms with Gasteiger partial charge in [0, 0.05) is 37.6 Å². The summed E-state index contributed by atoms with van der Waals surface area (Å²) in [5.41, 5.74) is 4.50. The van der Waals surface area contributed by atoms with Crippen molar-refractivity contribution in [3.05, 3.63) is 54.1 Å². The van der Waals surface area contributed by atoms with Crippen LogP contribution in [0.1, 0.15) is 0 Å². The number of rotatable bonds is 2. The van der Waals surface area contributed by atoms with Gasteiger partial charge in [-0.05, 0) is 35.4 Å². The molecule has 0 fully saturated rings. The highest BCUT2D eigenvalue weighted by atomic mass is 15.1. The number of aromatic amines is 1. The van der Waals surface area contributed by atoms with Gasteiger partial charge >= 0.3 is 0 Å². The smallest absolute Gasteiger partial charge is 0.210 e. The van der Waals surface area contributed by atoms with E-state index in [0.29, 0.717) is 5.69 Å². The SMILES string of the molecule is [C-]#[N+]c1cc(-c2cnc3[nH]ccc3c2)ccc1N(C)C. The summed E-state index contributed by atoms with van der Waals surface area (Å²) in [6.45, 7) is 7.32. The molecule has 0 aliphatic rings. The fourth-order valence-electron chi connectivity index (χ4n) is 2.27. The molecule has 3 aromatic rings. The van der Waals surface area contributed by atoms with Crippen LogP contribution >= 0.6 is 0 Å². The second-order valence-electron chi connectivity index (χ2n) is 4.85. The summed E-state index contributed by atoms with van der Waals surface area (Å²) in [4.78, 5) is 13.0. The largest absolute Gasteiger partial charge is 0.386 e. The Labute approximate surface area is 117 Å². The highest BCUT2D eigenvalue weighted by molar-refractivity contribution is 5.84. The van der Waals surface area contributed by atoms with Crippen molar-refractivity contribution in [3.8, 4) is 11.1 Å². The quantitative estimate of drug-likeness (QED) is 0.712. The number of hydrogen-bond acceptors (Lipinski definition) is 2. The Hall–Kier alpha value is -2.80. The van der Waals surface area contributed by atoms with E-state index in [4.69, 9.17) is 6.57 Å². The molecule has 0 spiro atoms. The molecular weight excluding hydrogens is 248 g/mol. The maximum Gasteiger partial charge on any atom is 0.210 e. The molecule has 0 saturated carbocycles. The number of fused-ring (bicyclic) bond motifs is 1. The van der Waals surface area contributed by atoms with E-state index in [9.17, 15) is 0 Å². The molecule has 98 valence electrons. The van der Waals surface area contributed by atoms with Crippen molar-refractivity contribution in [2.45, 2.75) is 0 Å². The average Bonchev–Trinajstić information content (AvgIpc) is 2.93. The highest BCUT2D eigenvalue weighted by Crippen LogP contribution is 2.33. The van der Waals surface area contributed by atoms with E-state index in [2.05, 4.69) is 20.9 Å². The Kier molecular flexibility index (Phi) is 2.88. The fraction of sp³-hybridized carbons (Fsp3) is 0.125. The van der Waals surface area contributed by atoms with Crippen LogP contribution in [0.5, 0.6) is 0 Å². The molecule has 3 rings (SSSR count). The first-order chi connectivity index (χ1) is 9.69. The molecule has 0 aliphatic heterocycles. The number of benzene rings is 1. The Bertz CT molecular complexity index is 809. The predicted molar refractivity (Wildman–Crippen MR) is 82.1 cm³/mol. The molecule has 4 heteroatoms. The number of pyridine rings is 1. The van der Waals surface area contributed by atoms with Crippen LogP contribution in [0.4, 0.5) is 11.4 Å². The third kappa shape index (κ3) is 1.99. The normalized spacial score (nSPS) is 10.4. The van der Waals surface area contributed by atoms with Gasteiger partial charge in [0.2, 0.25) is 5.69 Å². The number of aromatic nitrogens is 2. The lowest BCUT2D eigenvalue weighted by atomic mass is 10.1. The minimum Gasteiger partial charge on any atom is -0.386 e. The van der Waals surface area contributed by atoms with E-state index < -0.39 is 0 Å². The maximum absolute atomic E-state index is 7.32. The van der Waals surface area contributed by atoms with Crippen molar-refractivity contribution in [2.24, 2.45) is 0 Å². The van der Waals surface area contributed by atoms with Crippen molar-refractivity contribution < 1.29 is 0 Å². The van der Waals surface area contributed by atoms with E-state index in [-0.39, 0.29) is 0 Å². The van der Waals surface area contributed by atoms with E-state index >= 15 is 0 Å². The monoisotopic (exact) mass is 262 g/mol. The van der Waals surface area contributed by atoms with E-state index in [0.717, 1.165) is 27.8 Å². The topological polar surface area (TPSA) is 36.3 Å². The van der Waals surface area contributed by atoms with Gasteiger partial charge in [0.1, 0.15) is 5.65 Å². The van der Waals surface area contributed by atoms with Crippen molar-refractivity contribution in [1.82, 2.24) is 9.97 Å². The molecule has 2 heterocycles. The average molecular weight is 262 g/mol. The zero-order valence-electron chi connectivity index (χ0n) is 11.4. The van der Waals surface area contributed by atoms with Crippen LogP contribution < -0.4 is 4.90 Å². The molecule has 0 bridgehead atoms.